The van der Waals surface area contributed by atoms with Crippen LogP contribution < -0.4 is 4.90 Å². The number of halogens is 1. The fraction of sp³-hybridized carbons (Fsp3) is 0.348. The first-order valence-corrected chi connectivity index (χ1v) is 11.5. The molecule has 1 amide bonds. The second kappa shape index (κ2) is 9.51. The Morgan fingerprint density at radius 1 is 1.03 bits per heavy atom. The highest BCUT2D eigenvalue weighted by Gasteiger charge is 2.23. The maximum absolute atomic E-state index is 14.0. The zero-order valence-electron chi connectivity index (χ0n) is 17.8. The minimum atomic E-state index is -0.219. The van der Waals surface area contributed by atoms with Crippen LogP contribution in [0.3, 0.4) is 0 Å². The van der Waals surface area contributed by atoms with Gasteiger partial charge in [-0.3, -0.25) is 4.79 Å². The summed E-state index contributed by atoms with van der Waals surface area (Å²) >= 11 is 1.65. The van der Waals surface area contributed by atoms with Crippen molar-refractivity contribution in [3.8, 4) is 0 Å². The van der Waals surface area contributed by atoms with Crippen LogP contribution in [0.5, 0.6) is 0 Å². The van der Waals surface area contributed by atoms with E-state index in [-0.39, 0.29) is 11.7 Å². The van der Waals surface area contributed by atoms with Crippen LogP contribution in [0.25, 0.3) is 0 Å². The Morgan fingerprint density at radius 2 is 1.74 bits per heavy atom. The molecule has 4 rings (SSSR count). The van der Waals surface area contributed by atoms with Crippen molar-refractivity contribution in [2.24, 2.45) is 0 Å². The number of para-hydroxylation sites is 1. The van der Waals surface area contributed by atoms with Gasteiger partial charge in [0.2, 0.25) is 0 Å². The number of carbonyl (C=O) groups is 1. The summed E-state index contributed by atoms with van der Waals surface area (Å²) in [5.74, 6) is 1.49. The number of aromatic nitrogens is 3. The number of nitrogens with zero attached hydrogens (tertiary/aromatic N) is 5. The van der Waals surface area contributed by atoms with Crippen molar-refractivity contribution in [1.82, 2.24) is 19.7 Å². The largest absolute Gasteiger partial charge is 0.366 e. The summed E-state index contributed by atoms with van der Waals surface area (Å²) in [4.78, 5) is 16.7. The van der Waals surface area contributed by atoms with E-state index >= 15 is 0 Å². The smallest absolute Gasteiger partial charge is 0.253 e. The number of carbonyl (C=O) groups excluding carboxylic acids is 1. The van der Waals surface area contributed by atoms with E-state index < -0.39 is 0 Å². The van der Waals surface area contributed by atoms with Crippen LogP contribution in [0.15, 0.2) is 53.7 Å². The van der Waals surface area contributed by atoms with Crippen molar-refractivity contribution in [2.75, 3.05) is 31.1 Å². The Hall–Kier alpha value is -2.87. The Bertz CT molecular complexity index is 1040. The van der Waals surface area contributed by atoms with Crippen molar-refractivity contribution in [2.45, 2.75) is 31.3 Å². The van der Waals surface area contributed by atoms with Gasteiger partial charge in [0, 0.05) is 44.0 Å². The lowest BCUT2D eigenvalue weighted by molar-refractivity contribution is 0.0746. The Morgan fingerprint density at radius 3 is 2.42 bits per heavy atom. The monoisotopic (exact) mass is 439 g/mol. The predicted molar refractivity (Wildman–Crippen MR) is 121 cm³/mol. The van der Waals surface area contributed by atoms with Gasteiger partial charge >= 0.3 is 0 Å². The van der Waals surface area contributed by atoms with Crippen molar-refractivity contribution >= 4 is 23.4 Å². The van der Waals surface area contributed by atoms with E-state index in [1.807, 2.05) is 47.1 Å². The number of rotatable bonds is 6. The van der Waals surface area contributed by atoms with E-state index in [9.17, 15) is 9.18 Å². The van der Waals surface area contributed by atoms with Crippen molar-refractivity contribution in [3.63, 3.8) is 0 Å². The lowest BCUT2D eigenvalue weighted by Crippen LogP contribution is -2.49. The van der Waals surface area contributed by atoms with Crippen LogP contribution in [0, 0.1) is 12.7 Å². The molecular weight excluding hydrogens is 413 g/mol. The van der Waals surface area contributed by atoms with Gasteiger partial charge in [-0.25, -0.2) is 4.39 Å². The van der Waals surface area contributed by atoms with Gasteiger partial charge in [-0.2, -0.15) is 0 Å². The van der Waals surface area contributed by atoms with E-state index in [1.165, 1.54) is 6.07 Å². The zero-order chi connectivity index (χ0) is 21.8. The van der Waals surface area contributed by atoms with Crippen LogP contribution >= 0.6 is 11.8 Å². The van der Waals surface area contributed by atoms with Crippen LogP contribution in [0.4, 0.5) is 10.1 Å². The molecule has 0 bridgehead atoms. The van der Waals surface area contributed by atoms with E-state index in [1.54, 1.807) is 23.9 Å². The summed E-state index contributed by atoms with van der Waals surface area (Å²) in [6.45, 7) is 7.29. The normalized spacial score (nSPS) is 14.2. The van der Waals surface area contributed by atoms with Gasteiger partial charge < -0.3 is 14.4 Å². The lowest BCUT2D eigenvalue weighted by Gasteiger charge is -2.36. The maximum Gasteiger partial charge on any atom is 0.253 e. The Kier molecular flexibility index (Phi) is 6.56. The first-order chi connectivity index (χ1) is 15.1. The first kappa shape index (κ1) is 21.4. The minimum absolute atomic E-state index is 0.0220. The second-order valence-corrected chi connectivity index (χ2v) is 8.43. The third-order valence-electron chi connectivity index (χ3n) is 5.55. The van der Waals surface area contributed by atoms with Gasteiger partial charge in [-0.1, -0.05) is 36.0 Å². The molecule has 6 nitrogen and oxygen atoms in total. The molecule has 0 unspecified atom stereocenters. The molecule has 1 aromatic heterocycles. The van der Waals surface area contributed by atoms with Crippen LogP contribution in [-0.2, 0) is 12.3 Å². The highest BCUT2D eigenvalue weighted by molar-refractivity contribution is 7.98. The molecule has 1 aliphatic rings. The predicted octanol–water partition coefficient (Wildman–Crippen LogP) is 4.00. The quantitative estimate of drug-likeness (QED) is 0.544. The molecule has 0 spiro atoms. The third kappa shape index (κ3) is 4.74. The highest BCUT2D eigenvalue weighted by Crippen LogP contribution is 2.23. The number of hydrogen-bond acceptors (Lipinski definition) is 5. The molecule has 162 valence electrons. The third-order valence-corrected chi connectivity index (χ3v) is 6.58. The van der Waals surface area contributed by atoms with Crippen LogP contribution in [0.2, 0.25) is 0 Å². The zero-order valence-corrected chi connectivity index (χ0v) is 18.6. The van der Waals surface area contributed by atoms with Crippen LogP contribution in [-0.4, -0.2) is 51.8 Å². The topological polar surface area (TPSA) is 54.3 Å². The molecule has 0 radical (unpaired) electrons. The summed E-state index contributed by atoms with van der Waals surface area (Å²) in [6, 6.07) is 14.5. The summed E-state index contributed by atoms with van der Waals surface area (Å²) in [5.41, 5.74) is 2.42. The molecular formula is C23H26FN5OS. The van der Waals surface area contributed by atoms with Crippen LogP contribution in [0.1, 0.15) is 28.7 Å². The van der Waals surface area contributed by atoms with Gasteiger partial charge in [-0.05, 0) is 43.7 Å². The molecule has 1 fully saturated rings. The molecule has 3 aromatic rings. The Labute approximate surface area is 186 Å². The number of piperazine rings is 1. The summed E-state index contributed by atoms with van der Waals surface area (Å²) in [5, 5.41) is 9.28. The molecule has 1 saturated heterocycles. The average molecular weight is 440 g/mol. The maximum atomic E-state index is 14.0. The van der Waals surface area contributed by atoms with E-state index in [4.69, 9.17) is 0 Å². The van der Waals surface area contributed by atoms with Crippen molar-refractivity contribution < 1.29 is 9.18 Å². The fourth-order valence-electron chi connectivity index (χ4n) is 3.77. The van der Waals surface area contributed by atoms with E-state index in [2.05, 4.69) is 21.7 Å². The molecule has 8 heteroatoms. The lowest BCUT2D eigenvalue weighted by atomic mass is 10.1. The fourth-order valence-corrected chi connectivity index (χ4v) is 4.77. The number of anilines is 1. The molecule has 0 atom stereocenters. The summed E-state index contributed by atoms with van der Waals surface area (Å²) in [7, 11) is 0. The molecule has 0 saturated carbocycles. The van der Waals surface area contributed by atoms with E-state index in [0.29, 0.717) is 37.4 Å². The number of amides is 1. The SMILES string of the molecule is CCn1c(C)nnc1SCc1ccc(C(=O)N2CCN(c3ccccc3F)CC2)cc1. The molecule has 31 heavy (non-hydrogen) atoms. The summed E-state index contributed by atoms with van der Waals surface area (Å²) < 4.78 is 16.1. The number of thioether (sulfide) groups is 1. The molecule has 2 heterocycles. The van der Waals surface area contributed by atoms with Gasteiger partial charge in [0.05, 0.1) is 5.69 Å². The van der Waals surface area contributed by atoms with Gasteiger partial charge in [-0.15, -0.1) is 10.2 Å². The standard InChI is InChI=1S/C23H26FN5OS/c1-3-29-17(2)25-26-23(29)31-16-18-8-10-19(11-9-18)22(30)28-14-12-27(13-15-28)21-7-5-4-6-20(21)24/h4-11H,3,12-16H2,1-2H3. The highest BCUT2D eigenvalue weighted by atomic mass is 32.2. The number of benzene rings is 2. The minimum Gasteiger partial charge on any atom is -0.366 e. The second-order valence-electron chi connectivity index (χ2n) is 7.49. The van der Waals surface area contributed by atoms with Gasteiger partial charge in [0.1, 0.15) is 11.6 Å². The van der Waals surface area contributed by atoms with E-state index in [0.717, 1.165) is 28.8 Å². The van der Waals surface area contributed by atoms with Crippen molar-refractivity contribution in [1.29, 1.82) is 0 Å². The Balaban J connectivity index is 1.33. The molecule has 0 aliphatic carbocycles. The molecule has 1 aliphatic heterocycles. The first-order valence-electron chi connectivity index (χ1n) is 10.5. The average Bonchev–Trinajstić information content (AvgIpc) is 3.17. The van der Waals surface area contributed by atoms with Gasteiger partial charge in [0.25, 0.3) is 5.91 Å². The molecule has 2 aromatic carbocycles. The number of aryl methyl sites for hydroxylation is 1. The summed E-state index contributed by atoms with van der Waals surface area (Å²) in [6.07, 6.45) is 0. The number of hydrogen-bond donors (Lipinski definition) is 0. The molecule has 0 N–H and O–H groups in total. The van der Waals surface area contributed by atoms with Gasteiger partial charge in [0.15, 0.2) is 5.16 Å². The van der Waals surface area contributed by atoms with Crippen molar-refractivity contribution in [3.05, 3.63) is 71.3 Å².